The molecule has 280 valence electrons. The minimum absolute atomic E-state index is 0.113. The Morgan fingerprint density at radius 2 is 1.04 bits per heavy atom. The molecule has 0 unspecified atom stereocenters. The second-order valence-electron chi connectivity index (χ2n) is 18.8. The van der Waals surface area contributed by atoms with Crippen molar-refractivity contribution < 1.29 is 0 Å². The van der Waals surface area contributed by atoms with Gasteiger partial charge in [0, 0.05) is 22.4 Å². The molecule has 6 aromatic rings. The van der Waals surface area contributed by atoms with Gasteiger partial charge in [-0.3, -0.25) is 0 Å². The van der Waals surface area contributed by atoms with Crippen molar-refractivity contribution in [2.45, 2.75) is 95.3 Å². The molecule has 0 spiro atoms. The topological polar surface area (TPSA) is 3.24 Å². The lowest BCUT2D eigenvalue weighted by atomic mass is 9.51. The summed E-state index contributed by atoms with van der Waals surface area (Å²) in [6.07, 6.45) is 14.0. The van der Waals surface area contributed by atoms with Gasteiger partial charge in [-0.25, -0.2) is 0 Å². The number of hydrogen-bond donors (Lipinski definition) is 0. The van der Waals surface area contributed by atoms with Crippen molar-refractivity contribution in [3.05, 3.63) is 162 Å². The third-order valence-corrected chi connectivity index (χ3v) is 15.2. The van der Waals surface area contributed by atoms with E-state index in [-0.39, 0.29) is 5.41 Å². The van der Waals surface area contributed by atoms with E-state index < -0.39 is 0 Å². The summed E-state index contributed by atoms with van der Waals surface area (Å²) in [5.41, 5.74) is 17.3. The van der Waals surface area contributed by atoms with Crippen molar-refractivity contribution in [3.63, 3.8) is 0 Å². The van der Waals surface area contributed by atoms with Crippen LogP contribution in [-0.2, 0) is 5.41 Å². The second-order valence-corrected chi connectivity index (χ2v) is 18.8. The Morgan fingerprint density at radius 3 is 1.70 bits per heavy atom. The van der Waals surface area contributed by atoms with Crippen molar-refractivity contribution in [1.29, 1.82) is 0 Å². The molecule has 1 nitrogen and oxygen atoms in total. The van der Waals surface area contributed by atoms with E-state index in [0.717, 1.165) is 29.6 Å². The summed E-state index contributed by atoms with van der Waals surface area (Å²) in [7, 11) is 0. The van der Waals surface area contributed by atoms with Gasteiger partial charge in [-0.2, -0.15) is 0 Å². The minimum Gasteiger partial charge on any atom is -0.310 e. The number of rotatable bonds is 7. The van der Waals surface area contributed by atoms with Gasteiger partial charge in [0.1, 0.15) is 0 Å². The number of fused-ring (bicyclic) bond motifs is 3. The maximum absolute atomic E-state index is 2.60. The average molecular weight is 730 g/mol. The molecule has 56 heavy (non-hydrogen) atoms. The normalized spacial score (nSPS) is 24.5. The molecule has 6 aliphatic carbocycles. The molecule has 0 saturated heterocycles. The van der Waals surface area contributed by atoms with E-state index in [1.807, 2.05) is 0 Å². The molecule has 0 atom stereocenters. The molecule has 0 amide bonds. The zero-order valence-electron chi connectivity index (χ0n) is 33.3. The van der Waals surface area contributed by atoms with E-state index in [1.54, 1.807) is 5.56 Å². The van der Waals surface area contributed by atoms with Crippen LogP contribution < -0.4 is 4.90 Å². The Balaban J connectivity index is 1.10. The minimum atomic E-state index is -0.113. The largest absolute Gasteiger partial charge is 0.310 e. The van der Waals surface area contributed by atoms with Crippen molar-refractivity contribution in [3.8, 4) is 33.4 Å². The molecule has 12 rings (SSSR count). The lowest BCUT2D eigenvalue weighted by Gasteiger charge is -2.54. The molecule has 0 aromatic heterocycles. The first-order chi connectivity index (χ1) is 27.5. The Morgan fingerprint density at radius 1 is 0.464 bits per heavy atom. The lowest BCUT2D eigenvalue weighted by Crippen LogP contribution is -2.43. The monoisotopic (exact) mass is 729 g/mol. The fourth-order valence-corrected chi connectivity index (χ4v) is 12.8. The highest BCUT2D eigenvalue weighted by Crippen LogP contribution is 2.60. The molecular formula is C55H55N. The number of benzene rings is 6. The first-order valence-corrected chi connectivity index (χ1v) is 21.9. The van der Waals surface area contributed by atoms with Crippen molar-refractivity contribution in [2.75, 3.05) is 4.90 Å². The molecule has 0 N–H and O–H groups in total. The van der Waals surface area contributed by atoms with Crippen LogP contribution in [0.5, 0.6) is 0 Å². The Hall–Kier alpha value is -4.88. The Kier molecular flexibility index (Phi) is 8.38. The molecule has 1 heteroatoms. The fourth-order valence-electron chi connectivity index (χ4n) is 12.8. The van der Waals surface area contributed by atoms with Crippen LogP contribution in [0.25, 0.3) is 33.4 Å². The smallest absolute Gasteiger partial charge is 0.0543 e. The van der Waals surface area contributed by atoms with E-state index in [1.165, 1.54) is 131 Å². The summed E-state index contributed by atoms with van der Waals surface area (Å²) < 4.78 is 0. The molecule has 5 saturated carbocycles. The summed E-state index contributed by atoms with van der Waals surface area (Å²) in [5.74, 6) is 5.15. The highest BCUT2D eigenvalue weighted by Gasteiger charge is 2.48. The first kappa shape index (κ1) is 34.4. The predicted molar refractivity (Wildman–Crippen MR) is 235 cm³/mol. The molecule has 5 fully saturated rings. The lowest BCUT2D eigenvalue weighted by molar-refractivity contribution is -0.00277. The highest BCUT2D eigenvalue weighted by molar-refractivity contribution is 5.98. The summed E-state index contributed by atoms with van der Waals surface area (Å²) in [5, 5.41) is 0. The fraction of sp³-hybridized carbons (Fsp3) is 0.345. The second kappa shape index (κ2) is 13.7. The highest BCUT2D eigenvalue weighted by atomic mass is 15.1. The Labute approximate surface area is 334 Å². The molecular weight excluding hydrogens is 675 g/mol. The van der Waals surface area contributed by atoms with Gasteiger partial charge in [-0.15, -0.1) is 0 Å². The third kappa shape index (κ3) is 5.71. The van der Waals surface area contributed by atoms with Gasteiger partial charge in [0.15, 0.2) is 0 Å². The quantitative estimate of drug-likeness (QED) is 0.158. The van der Waals surface area contributed by atoms with Gasteiger partial charge < -0.3 is 4.90 Å². The SMILES string of the molecule is CC1(C)c2ccccc2-c2cc(-c3ccccc3-c3ccccc3)c(N(c3ccc(C4CCCCC4)cc3)c3ccc(C4C5CC6CC(C5)CC4C6)cc3)cc21. The van der Waals surface area contributed by atoms with Crippen molar-refractivity contribution in [1.82, 2.24) is 0 Å². The van der Waals surface area contributed by atoms with E-state index in [9.17, 15) is 0 Å². The molecule has 6 aliphatic rings. The predicted octanol–water partition coefficient (Wildman–Crippen LogP) is 15.4. The van der Waals surface area contributed by atoms with Crippen molar-refractivity contribution in [2.24, 2.45) is 23.7 Å². The standard InChI is InChI=1S/C55H55N/c1-55(2)51-20-12-11-19-48(51)49-34-50(47-18-10-9-17-46(47)40-15-7-4-8-16-40)53(35-52(49)55)56(44-25-21-39(22-26-44)38-13-5-3-6-14-38)45-27-23-41(24-28-45)54-42-30-36-29-37(32-42)33-43(54)31-36/h4,7-12,15-28,34-38,42-43,54H,3,5-6,13-14,29-33H2,1-2H3. The third-order valence-electron chi connectivity index (χ3n) is 15.2. The van der Waals surface area contributed by atoms with Crippen LogP contribution in [0.4, 0.5) is 17.1 Å². The van der Waals surface area contributed by atoms with Gasteiger partial charge >= 0.3 is 0 Å². The van der Waals surface area contributed by atoms with Gasteiger partial charge in [-0.1, -0.05) is 136 Å². The molecule has 0 heterocycles. The van der Waals surface area contributed by atoms with E-state index in [0.29, 0.717) is 5.92 Å². The molecule has 0 aliphatic heterocycles. The van der Waals surface area contributed by atoms with Crippen LogP contribution in [0.2, 0.25) is 0 Å². The van der Waals surface area contributed by atoms with E-state index in [4.69, 9.17) is 0 Å². The van der Waals surface area contributed by atoms with Crippen LogP contribution in [-0.4, -0.2) is 0 Å². The average Bonchev–Trinajstić information content (AvgIpc) is 3.46. The van der Waals surface area contributed by atoms with Crippen LogP contribution >= 0.6 is 0 Å². The summed E-state index contributed by atoms with van der Waals surface area (Å²) >= 11 is 0. The molecule has 0 radical (unpaired) electrons. The van der Waals surface area contributed by atoms with Gasteiger partial charge in [-0.05, 0) is 167 Å². The van der Waals surface area contributed by atoms with Crippen LogP contribution in [0.15, 0.2) is 140 Å². The number of hydrogen-bond acceptors (Lipinski definition) is 1. The maximum atomic E-state index is 2.60. The first-order valence-electron chi connectivity index (χ1n) is 21.9. The maximum Gasteiger partial charge on any atom is 0.0543 e. The zero-order valence-corrected chi connectivity index (χ0v) is 33.3. The van der Waals surface area contributed by atoms with Gasteiger partial charge in [0.25, 0.3) is 0 Å². The number of anilines is 3. The van der Waals surface area contributed by atoms with Crippen molar-refractivity contribution >= 4 is 17.1 Å². The molecule has 4 bridgehead atoms. The van der Waals surface area contributed by atoms with E-state index in [2.05, 4.69) is 158 Å². The Bertz CT molecular complexity index is 2350. The van der Waals surface area contributed by atoms with Crippen LogP contribution in [0, 0.1) is 23.7 Å². The zero-order chi connectivity index (χ0) is 37.4. The van der Waals surface area contributed by atoms with E-state index >= 15 is 0 Å². The number of nitrogens with zero attached hydrogens (tertiary/aromatic N) is 1. The van der Waals surface area contributed by atoms with Gasteiger partial charge in [0.05, 0.1) is 5.69 Å². The summed E-state index contributed by atoms with van der Waals surface area (Å²) in [4.78, 5) is 2.60. The van der Waals surface area contributed by atoms with Gasteiger partial charge in [0.2, 0.25) is 0 Å². The summed E-state index contributed by atoms with van der Waals surface area (Å²) in [6, 6.07) is 54.0. The summed E-state index contributed by atoms with van der Waals surface area (Å²) in [6.45, 7) is 4.84. The van der Waals surface area contributed by atoms with Crippen LogP contribution in [0.1, 0.15) is 112 Å². The van der Waals surface area contributed by atoms with Crippen LogP contribution in [0.3, 0.4) is 0 Å². The molecule has 6 aromatic carbocycles.